The van der Waals surface area contributed by atoms with E-state index in [0.29, 0.717) is 19.2 Å². The second kappa shape index (κ2) is 14.6. The molecule has 0 bridgehead atoms. The molecule has 0 aromatic rings. The van der Waals surface area contributed by atoms with E-state index >= 15 is 0 Å². The Labute approximate surface area is 245 Å². The van der Waals surface area contributed by atoms with Gasteiger partial charge < -0.3 is 34.2 Å². The van der Waals surface area contributed by atoms with Crippen LogP contribution in [0.5, 0.6) is 0 Å². The number of carbonyl (C=O) groups is 4. The number of nitrogens with one attached hydrogen (secondary N) is 3. The van der Waals surface area contributed by atoms with Crippen molar-refractivity contribution < 1.29 is 42.7 Å². The van der Waals surface area contributed by atoms with Crippen molar-refractivity contribution in [1.82, 2.24) is 16.0 Å². The smallest absolute Gasteiger partial charge is 0.444 e. The first kappa shape index (κ1) is 36.5. The maximum atomic E-state index is 13.2. The first-order valence-corrected chi connectivity index (χ1v) is 14.3. The molecule has 41 heavy (non-hydrogen) atoms. The van der Waals surface area contributed by atoms with E-state index in [-0.39, 0.29) is 19.5 Å². The maximum absolute atomic E-state index is 13.2. The van der Waals surface area contributed by atoms with Crippen molar-refractivity contribution in [2.75, 3.05) is 6.73 Å². The highest BCUT2D eigenvalue weighted by Gasteiger charge is 2.50. The van der Waals surface area contributed by atoms with Gasteiger partial charge in [-0.15, -0.1) is 0 Å². The van der Waals surface area contributed by atoms with E-state index < -0.39 is 65.3 Å². The third-order valence-electron chi connectivity index (χ3n) is 6.54. The van der Waals surface area contributed by atoms with E-state index in [1.807, 2.05) is 27.7 Å². The Morgan fingerprint density at radius 1 is 0.805 bits per heavy atom. The minimum absolute atomic E-state index is 0.258. The highest BCUT2D eigenvalue weighted by Crippen LogP contribution is 2.38. The second-order valence-electron chi connectivity index (χ2n) is 13.7. The molecule has 13 heteroatoms. The van der Waals surface area contributed by atoms with Crippen LogP contribution in [0.2, 0.25) is 6.32 Å². The van der Waals surface area contributed by atoms with E-state index in [1.54, 1.807) is 55.4 Å². The van der Waals surface area contributed by atoms with Crippen LogP contribution < -0.4 is 16.0 Å². The largest absolute Gasteiger partial charge is 0.457 e. The fourth-order valence-corrected chi connectivity index (χ4v) is 3.80. The van der Waals surface area contributed by atoms with Crippen LogP contribution in [0.1, 0.15) is 102 Å². The molecule has 1 rings (SSSR count). The summed E-state index contributed by atoms with van der Waals surface area (Å²) < 4.78 is 27.7. The molecular weight excluding hydrogens is 533 g/mol. The first-order chi connectivity index (χ1) is 18.5. The van der Waals surface area contributed by atoms with Crippen molar-refractivity contribution in [1.29, 1.82) is 0 Å². The van der Waals surface area contributed by atoms with E-state index in [2.05, 4.69) is 16.0 Å². The number of rotatable bonds is 12. The fraction of sp³-hybridized carbons (Fsp3) is 0.857. The van der Waals surface area contributed by atoms with Crippen LogP contribution in [-0.4, -0.2) is 72.4 Å². The van der Waals surface area contributed by atoms with Gasteiger partial charge in [-0.2, -0.15) is 0 Å². The van der Waals surface area contributed by atoms with Gasteiger partial charge in [0.05, 0.1) is 11.2 Å². The lowest BCUT2D eigenvalue weighted by molar-refractivity contribution is -0.149. The van der Waals surface area contributed by atoms with Crippen molar-refractivity contribution in [3.63, 3.8) is 0 Å². The van der Waals surface area contributed by atoms with Crippen molar-refractivity contribution in [3.8, 4) is 0 Å². The number of hydrogen-bond donors (Lipinski definition) is 3. The molecule has 0 aliphatic carbocycles. The zero-order valence-electron chi connectivity index (χ0n) is 27.0. The summed E-state index contributed by atoms with van der Waals surface area (Å²) in [7, 11) is -0.374. The minimum atomic E-state index is -1.03. The summed E-state index contributed by atoms with van der Waals surface area (Å²) >= 11 is 0. The Balaban J connectivity index is 2.84. The summed E-state index contributed by atoms with van der Waals surface area (Å²) in [6.07, 6.45) is 0.598. The lowest BCUT2D eigenvalue weighted by Crippen LogP contribution is -2.54. The number of amides is 3. The van der Waals surface area contributed by atoms with Gasteiger partial charge in [-0.05, 0) is 87.9 Å². The zero-order valence-corrected chi connectivity index (χ0v) is 27.0. The summed E-state index contributed by atoms with van der Waals surface area (Å²) in [5.74, 6) is -1.58. The van der Waals surface area contributed by atoms with Crippen molar-refractivity contribution in [2.45, 2.75) is 143 Å². The number of hydrogen-bond acceptors (Lipinski definition) is 9. The molecule has 1 aliphatic rings. The van der Waals surface area contributed by atoms with Crippen molar-refractivity contribution in [3.05, 3.63) is 0 Å². The maximum Gasteiger partial charge on any atom is 0.457 e. The predicted octanol–water partition coefficient (Wildman–Crippen LogP) is 4.31. The quantitative estimate of drug-likeness (QED) is 0.100. The second-order valence-corrected chi connectivity index (χ2v) is 13.7. The van der Waals surface area contributed by atoms with Gasteiger partial charge in [0, 0.05) is 0 Å². The minimum Gasteiger partial charge on any atom is -0.444 e. The summed E-state index contributed by atoms with van der Waals surface area (Å²) in [4.78, 5) is 50.4. The summed E-state index contributed by atoms with van der Waals surface area (Å²) in [5.41, 5.74) is -2.33. The number of unbranched alkanes of at least 4 members (excludes halogenated alkanes) is 1. The molecule has 0 radical (unpaired) electrons. The molecular formula is C28H52BN3O9. The van der Waals surface area contributed by atoms with Crippen LogP contribution in [-0.2, 0) is 33.1 Å². The molecule has 0 spiro atoms. The summed E-state index contributed by atoms with van der Waals surface area (Å²) in [6, 6.07) is -1.98. The number of esters is 1. The van der Waals surface area contributed by atoms with E-state index in [1.165, 1.54) is 0 Å². The Kier molecular flexibility index (Phi) is 13.0. The molecule has 1 saturated heterocycles. The zero-order chi connectivity index (χ0) is 31.8. The van der Waals surface area contributed by atoms with Gasteiger partial charge in [-0.25, -0.2) is 14.4 Å². The highest BCUT2D eigenvalue weighted by atomic mass is 16.7. The molecule has 0 aromatic carbocycles. The van der Waals surface area contributed by atoms with Crippen molar-refractivity contribution >= 4 is 31.2 Å². The Morgan fingerprint density at radius 3 is 1.80 bits per heavy atom. The molecule has 236 valence electrons. The number of carbonyl (C=O) groups excluding carboxylic acids is 4. The van der Waals surface area contributed by atoms with E-state index in [0.717, 1.165) is 0 Å². The Bertz CT molecular complexity index is 894. The van der Waals surface area contributed by atoms with E-state index in [4.69, 9.17) is 23.5 Å². The standard InChI is InChI=1S/C28H52BN3O9/c1-18(2)20(32-24(36)39-26(6,7)8)21(33)31-19(22(34)37-17-30-23(35)38-25(3,4)5)15-13-14-16-29-40-27(9,10)28(11,12)41-29/h18-20H,13-17H2,1-12H3,(H,30,35)(H,31,33)(H,32,36)/t19?,20-/m0/s1. The van der Waals surface area contributed by atoms with Crippen LogP contribution >= 0.6 is 0 Å². The first-order valence-electron chi connectivity index (χ1n) is 14.3. The van der Waals surface area contributed by atoms with Crippen LogP contribution in [0.25, 0.3) is 0 Å². The molecule has 0 saturated carbocycles. The van der Waals surface area contributed by atoms with E-state index in [9.17, 15) is 19.2 Å². The molecule has 0 aromatic heterocycles. The van der Waals surface area contributed by atoms with Crippen LogP contribution in [0.3, 0.4) is 0 Å². The topological polar surface area (TPSA) is 151 Å². The predicted molar refractivity (Wildman–Crippen MR) is 155 cm³/mol. The van der Waals surface area contributed by atoms with Gasteiger partial charge in [-0.3, -0.25) is 10.1 Å². The van der Waals surface area contributed by atoms with Gasteiger partial charge in [0.2, 0.25) is 5.91 Å². The number of alkyl carbamates (subject to hydrolysis) is 2. The normalized spacial score (nSPS) is 17.8. The fourth-order valence-electron chi connectivity index (χ4n) is 3.80. The van der Waals surface area contributed by atoms with Gasteiger partial charge in [-0.1, -0.05) is 26.7 Å². The van der Waals surface area contributed by atoms with Gasteiger partial charge in [0.25, 0.3) is 0 Å². The third-order valence-corrected chi connectivity index (χ3v) is 6.54. The SMILES string of the molecule is CC(C)[C@H](NC(=O)OC(C)(C)C)C(=O)NC(CCCCB1OC(C)(C)C(C)(C)O1)C(=O)OCNC(=O)OC(C)(C)C. The lowest BCUT2D eigenvalue weighted by atomic mass is 9.82. The number of ether oxygens (including phenoxy) is 3. The van der Waals surface area contributed by atoms with Gasteiger partial charge >= 0.3 is 25.3 Å². The van der Waals surface area contributed by atoms with Crippen LogP contribution in [0, 0.1) is 5.92 Å². The monoisotopic (exact) mass is 585 g/mol. The molecule has 1 heterocycles. The van der Waals surface area contributed by atoms with Crippen LogP contribution in [0.4, 0.5) is 9.59 Å². The summed E-state index contributed by atoms with van der Waals surface area (Å²) in [6.45, 7) is 21.3. The highest BCUT2D eigenvalue weighted by molar-refractivity contribution is 6.45. The Morgan fingerprint density at radius 2 is 1.32 bits per heavy atom. The van der Waals surface area contributed by atoms with Gasteiger partial charge in [0.15, 0.2) is 6.73 Å². The van der Waals surface area contributed by atoms with Crippen LogP contribution in [0.15, 0.2) is 0 Å². The van der Waals surface area contributed by atoms with Crippen molar-refractivity contribution in [2.24, 2.45) is 5.92 Å². The molecule has 1 fully saturated rings. The molecule has 12 nitrogen and oxygen atoms in total. The molecule has 3 amide bonds. The average molecular weight is 586 g/mol. The van der Waals surface area contributed by atoms with Gasteiger partial charge in [0.1, 0.15) is 23.3 Å². The molecule has 2 atom stereocenters. The average Bonchev–Trinajstić information content (AvgIpc) is 2.97. The molecule has 1 unspecified atom stereocenters. The summed E-state index contributed by atoms with van der Waals surface area (Å²) in [5, 5.41) is 7.66. The third kappa shape index (κ3) is 13.3. The Hall–Kier alpha value is -2.54. The lowest BCUT2D eigenvalue weighted by Gasteiger charge is -2.32. The molecule has 1 aliphatic heterocycles. The molecule has 3 N–H and O–H groups in total.